The first-order valence-corrected chi connectivity index (χ1v) is 17.1. The summed E-state index contributed by atoms with van der Waals surface area (Å²) in [4.78, 5) is 45.6. The van der Waals surface area contributed by atoms with Crippen LogP contribution in [0.5, 0.6) is 5.75 Å². The second-order valence-electron chi connectivity index (χ2n) is 14.2. The first kappa shape index (κ1) is 31.1. The number of aromatic nitrogens is 2. The summed E-state index contributed by atoms with van der Waals surface area (Å²) in [5.74, 6) is 8.15. The van der Waals surface area contributed by atoms with Crippen LogP contribution in [0.3, 0.4) is 0 Å². The Bertz CT molecular complexity index is 1440. The lowest BCUT2D eigenvalue weighted by molar-refractivity contribution is -0.122. The van der Waals surface area contributed by atoms with E-state index in [9.17, 15) is 9.59 Å². The van der Waals surface area contributed by atoms with E-state index >= 15 is 0 Å². The summed E-state index contributed by atoms with van der Waals surface area (Å²) in [6.07, 6.45) is 12.2. The van der Waals surface area contributed by atoms with Crippen molar-refractivity contribution in [2.24, 2.45) is 11.3 Å². The van der Waals surface area contributed by atoms with E-state index in [1.165, 1.54) is 17.9 Å². The highest BCUT2D eigenvalue weighted by molar-refractivity contribution is 6.03. The molecule has 0 atom stereocenters. The van der Waals surface area contributed by atoms with Crippen LogP contribution in [0.1, 0.15) is 74.6 Å². The number of hydrogen-bond donors (Lipinski definition) is 2. The average Bonchev–Trinajstić information content (AvgIpc) is 3.69. The average molecular weight is 632 g/mol. The zero-order valence-corrected chi connectivity index (χ0v) is 27.6. The van der Waals surface area contributed by atoms with Crippen LogP contribution < -0.4 is 25.7 Å². The number of likely N-dealkylation sites (N-methyl/N-ethyl adjacent to an activating group) is 1. The molecule has 1 aromatic carbocycles. The van der Waals surface area contributed by atoms with Crippen molar-refractivity contribution in [1.82, 2.24) is 24.8 Å². The Labute approximate surface area is 272 Å². The zero-order valence-electron chi connectivity index (χ0n) is 27.6. The number of methoxy groups -OCH3 is 1. The minimum Gasteiger partial charge on any atom is -0.495 e. The van der Waals surface area contributed by atoms with Gasteiger partial charge in [-0.25, -0.2) is 10.8 Å². The predicted molar refractivity (Wildman–Crippen MR) is 178 cm³/mol. The molecule has 0 bridgehead atoms. The first-order chi connectivity index (χ1) is 22.3. The molecule has 12 nitrogen and oxygen atoms in total. The summed E-state index contributed by atoms with van der Waals surface area (Å²) >= 11 is 0. The molecule has 46 heavy (non-hydrogen) atoms. The molecule has 0 unspecified atom stereocenters. The van der Waals surface area contributed by atoms with Gasteiger partial charge in [-0.1, -0.05) is 12.8 Å². The fourth-order valence-corrected chi connectivity index (χ4v) is 8.10. The number of fused-ring (bicyclic) bond motifs is 1. The SMILES string of the molecule is COc1cc(C(=O)N(N)C2CCC(N3CCN(C)CC3)CC2)ccc1Nc1ncc2c(n1)N(C1CCCC1)CC1(CC1)C(=O)N2C. The number of ether oxygens (including phenoxy) is 1. The molecule has 1 spiro atoms. The third kappa shape index (κ3) is 5.91. The Morgan fingerprint density at radius 1 is 1.02 bits per heavy atom. The number of hydrogen-bond acceptors (Lipinski definition) is 10. The lowest BCUT2D eigenvalue weighted by atomic mass is 9.89. The van der Waals surface area contributed by atoms with Gasteiger partial charge < -0.3 is 24.8 Å². The van der Waals surface area contributed by atoms with Crippen LogP contribution in [0.25, 0.3) is 0 Å². The maximum Gasteiger partial charge on any atom is 0.268 e. The largest absolute Gasteiger partial charge is 0.495 e. The number of carbonyl (C=O) groups excluding carboxylic acids is 2. The van der Waals surface area contributed by atoms with Crippen LogP contribution in [-0.2, 0) is 4.79 Å². The Balaban J connectivity index is 1.05. The van der Waals surface area contributed by atoms with Gasteiger partial charge in [0.15, 0.2) is 5.82 Å². The number of benzene rings is 1. The molecule has 3 saturated carbocycles. The molecular formula is C34H49N9O3. The molecule has 0 radical (unpaired) electrons. The highest BCUT2D eigenvalue weighted by Gasteiger charge is 2.55. The van der Waals surface area contributed by atoms with Gasteiger partial charge >= 0.3 is 0 Å². The molecule has 5 aliphatic rings. The second kappa shape index (κ2) is 12.6. The predicted octanol–water partition coefficient (Wildman–Crippen LogP) is 3.61. The number of nitrogens with two attached hydrogens (primary N) is 1. The quantitative estimate of drug-likeness (QED) is 0.266. The van der Waals surface area contributed by atoms with Gasteiger partial charge in [0.25, 0.3) is 5.91 Å². The summed E-state index contributed by atoms with van der Waals surface area (Å²) in [7, 11) is 5.61. The Hall–Kier alpha value is -3.48. The number of anilines is 4. The normalized spacial score (nSPS) is 25.3. The summed E-state index contributed by atoms with van der Waals surface area (Å²) < 4.78 is 5.72. The minimum absolute atomic E-state index is 0.0237. The van der Waals surface area contributed by atoms with Crippen molar-refractivity contribution < 1.29 is 14.3 Å². The molecule has 4 fully saturated rings. The van der Waals surface area contributed by atoms with Crippen LogP contribution in [0, 0.1) is 5.41 Å². The molecule has 3 aliphatic carbocycles. The Kier molecular flexibility index (Phi) is 8.54. The molecule has 2 aromatic rings. The third-order valence-electron chi connectivity index (χ3n) is 11.3. The van der Waals surface area contributed by atoms with Crippen LogP contribution in [0.15, 0.2) is 24.4 Å². The van der Waals surface area contributed by atoms with Crippen molar-refractivity contribution in [3.8, 4) is 5.75 Å². The van der Waals surface area contributed by atoms with E-state index in [0.29, 0.717) is 41.6 Å². The first-order valence-electron chi connectivity index (χ1n) is 17.1. The Morgan fingerprint density at radius 2 is 1.74 bits per heavy atom. The van der Waals surface area contributed by atoms with E-state index in [-0.39, 0.29) is 23.3 Å². The number of piperazine rings is 1. The van der Waals surface area contributed by atoms with Crippen molar-refractivity contribution in [2.45, 2.75) is 82.3 Å². The van der Waals surface area contributed by atoms with Crippen molar-refractivity contribution in [2.75, 3.05) is 69.0 Å². The van der Waals surface area contributed by atoms with Crippen LogP contribution in [0.2, 0.25) is 0 Å². The number of hydrazine groups is 1. The molecule has 3 heterocycles. The Morgan fingerprint density at radius 3 is 2.41 bits per heavy atom. The fraction of sp³-hybridized carbons (Fsp3) is 0.647. The molecule has 12 heteroatoms. The van der Waals surface area contributed by atoms with Gasteiger partial charge in [-0.3, -0.25) is 19.5 Å². The topological polar surface area (TPSA) is 123 Å². The summed E-state index contributed by atoms with van der Waals surface area (Å²) in [5.41, 5.74) is 1.58. The molecule has 248 valence electrons. The zero-order chi connectivity index (χ0) is 32.0. The number of nitrogens with zero attached hydrogens (tertiary/aromatic N) is 7. The molecule has 7 rings (SSSR count). The van der Waals surface area contributed by atoms with Crippen molar-refractivity contribution >= 4 is 35.0 Å². The van der Waals surface area contributed by atoms with Gasteiger partial charge in [0.05, 0.1) is 24.4 Å². The standard InChI is InChI=1S/C34H49N9O3/c1-39-16-18-41(19-17-39)24-9-11-26(12-10-24)43(35)31(44)23-8-13-27(29(20-23)46-3)37-33-36-21-28-30(38-33)42(25-6-4-5-7-25)22-34(14-15-34)32(45)40(28)2/h8,13,20-21,24-26H,4-7,9-12,14-19,22,35H2,1-3H3,(H,36,37,38). The maximum absolute atomic E-state index is 13.5. The lowest BCUT2D eigenvalue weighted by Crippen LogP contribution is -2.53. The molecule has 1 aromatic heterocycles. The van der Waals surface area contributed by atoms with E-state index in [0.717, 1.165) is 89.1 Å². The van der Waals surface area contributed by atoms with Gasteiger partial charge in [0.2, 0.25) is 11.9 Å². The van der Waals surface area contributed by atoms with Gasteiger partial charge in [-0.05, 0) is 76.6 Å². The van der Waals surface area contributed by atoms with E-state index in [1.807, 2.05) is 13.1 Å². The number of amides is 2. The van der Waals surface area contributed by atoms with E-state index in [1.54, 1.807) is 30.3 Å². The monoisotopic (exact) mass is 631 g/mol. The number of rotatable bonds is 7. The number of nitrogens with one attached hydrogen (secondary N) is 1. The van der Waals surface area contributed by atoms with Gasteiger partial charge in [-0.15, -0.1) is 0 Å². The molecule has 2 aliphatic heterocycles. The van der Waals surface area contributed by atoms with Crippen molar-refractivity contribution in [1.29, 1.82) is 0 Å². The highest BCUT2D eigenvalue weighted by atomic mass is 16.5. The lowest BCUT2D eigenvalue weighted by Gasteiger charge is -2.42. The van der Waals surface area contributed by atoms with Crippen molar-refractivity contribution in [3.63, 3.8) is 0 Å². The van der Waals surface area contributed by atoms with Crippen molar-refractivity contribution in [3.05, 3.63) is 30.0 Å². The fourth-order valence-electron chi connectivity index (χ4n) is 8.10. The third-order valence-corrected chi connectivity index (χ3v) is 11.3. The number of carbonyl (C=O) groups is 2. The maximum atomic E-state index is 13.5. The molecule has 2 amide bonds. The van der Waals surface area contributed by atoms with E-state index in [4.69, 9.17) is 15.6 Å². The molecular weight excluding hydrogens is 582 g/mol. The summed E-state index contributed by atoms with van der Waals surface area (Å²) in [5, 5.41) is 4.75. The van der Waals surface area contributed by atoms with Gasteiger partial charge in [0, 0.05) is 63.5 Å². The van der Waals surface area contributed by atoms with Crippen LogP contribution in [0.4, 0.5) is 23.1 Å². The van der Waals surface area contributed by atoms with E-state index in [2.05, 4.69) is 32.0 Å². The van der Waals surface area contributed by atoms with Gasteiger partial charge in [-0.2, -0.15) is 4.98 Å². The minimum atomic E-state index is -0.308. The van der Waals surface area contributed by atoms with Crippen LogP contribution >= 0.6 is 0 Å². The van der Waals surface area contributed by atoms with Crippen LogP contribution in [-0.4, -0.2) is 109 Å². The van der Waals surface area contributed by atoms with E-state index < -0.39 is 0 Å². The summed E-state index contributed by atoms with van der Waals surface area (Å²) in [6, 6.07) is 6.31. The van der Waals surface area contributed by atoms with Gasteiger partial charge in [0.1, 0.15) is 11.4 Å². The summed E-state index contributed by atoms with van der Waals surface area (Å²) in [6.45, 7) is 5.17. The molecule has 1 saturated heterocycles. The highest BCUT2D eigenvalue weighted by Crippen LogP contribution is 2.52. The molecule has 3 N–H and O–H groups in total. The second-order valence-corrected chi connectivity index (χ2v) is 14.2. The smallest absolute Gasteiger partial charge is 0.268 e.